The molecule has 0 bridgehead atoms. The molecule has 0 unspecified atom stereocenters. The average Bonchev–Trinajstić information content (AvgIpc) is 3.69. The molecule has 14 nitrogen and oxygen atoms in total. The Kier molecular flexibility index (Phi) is 14.1. The monoisotopic (exact) mass is 792 g/mol. The first-order valence-corrected chi connectivity index (χ1v) is 16.6. The zero-order chi connectivity index (χ0) is 37.8. The summed E-state index contributed by atoms with van der Waals surface area (Å²) in [6, 6.07) is 21.5. The number of esters is 1. The van der Waals surface area contributed by atoms with Gasteiger partial charge in [-0.2, -0.15) is 0 Å². The van der Waals surface area contributed by atoms with Crippen LogP contribution in [0, 0.1) is 0 Å². The number of fused-ring (bicyclic) bond motifs is 4. The molecule has 0 fully saturated rings. The van der Waals surface area contributed by atoms with Gasteiger partial charge in [0.1, 0.15) is 11.1 Å². The maximum atomic E-state index is 12.0. The molecule has 0 spiro atoms. The molecule has 2 aromatic carbocycles. The van der Waals surface area contributed by atoms with Crippen molar-refractivity contribution >= 4 is 79.0 Å². The fourth-order valence-corrected chi connectivity index (χ4v) is 6.32. The van der Waals surface area contributed by atoms with E-state index in [1.807, 2.05) is 53.1 Å². The van der Waals surface area contributed by atoms with Gasteiger partial charge in [-0.3, -0.25) is 19.6 Å². The molecule has 0 aliphatic rings. The summed E-state index contributed by atoms with van der Waals surface area (Å²) in [6.45, 7) is 0.972. The Morgan fingerprint density at radius 3 is 1.58 bits per heavy atom. The number of benzene rings is 2. The Morgan fingerprint density at radius 2 is 1.15 bits per heavy atom. The van der Waals surface area contributed by atoms with Crippen LogP contribution in [-0.4, -0.2) is 70.9 Å². The Labute approximate surface area is 343 Å². The number of pyridine rings is 4. The van der Waals surface area contributed by atoms with Crippen LogP contribution in [0.3, 0.4) is 0 Å². The van der Waals surface area contributed by atoms with Crippen LogP contribution in [0.1, 0.15) is 31.8 Å². The first-order valence-electron chi connectivity index (χ1n) is 15.9. The van der Waals surface area contributed by atoms with E-state index in [-0.39, 0.29) is 51.7 Å². The molecule has 8 rings (SSSR count). The number of nitrogens with one attached hydrogen (secondary N) is 2. The number of aromatic nitrogens is 6. The van der Waals surface area contributed by atoms with E-state index in [0.717, 1.165) is 45.6 Å². The molecule has 0 aliphatic carbocycles. The standard InChI is InChI=1S/C19H14ClN3O3.C18H12ClN3O3.CH4O.Na.H2O/c1-26-19(25)14-10-23(16-4-5-17(24)22-18(14)16)9-11-2-3-15-12(6-11)7-13(20)8-21-15;19-12-6-11-5-10(1-2-14(11)20-7-12)8-22-9-13(18(24)25)17-15(22)3-4-16(23)21-17;1-2;;/h2-8,10H,9H2,1H3,(H,22,24);1-7,9H,8H2,(H,21,23)(H,24,25);2H,1H3;;1H2/q;;;+1;/p-1. The van der Waals surface area contributed by atoms with Crippen molar-refractivity contribution in [3.63, 3.8) is 0 Å². The van der Waals surface area contributed by atoms with Gasteiger partial charge < -0.3 is 39.5 Å². The van der Waals surface area contributed by atoms with Gasteiger partial charge in [-0.25, -0.2) is 9.59 Å². The van der Waals surface area contributed by atoms with Gasteiger partial charge in [-0.05, 0) is 59.7 Å². The molecule has 6 aromatic heterocycles. The van der Waals surface area contributed by atoms with Gasteiger partial charge in [0, 0.05) is 67.9 Å². The van der Waals surface area contributed by atoms with Crippen molar-refractivity contribution in [1.29, 1.82) is 0 Å². The molecule has 5 N–H and O–H groups in total. The first kappa shape index (κ1) is 42.4. The van der Waals surface area contributed by atoms with Crippen LogP contribution in [0.2, 0.25) is 10.0 Å². The Balaban J connectivity index is 0.000000226. The minimum absolute atomic E-state index is 0. The summed E-state index contributed by atoms with van der Waals surface area (Å²) < 4.78 is 8.52. The quantitative estimate of drug-likeness (QED) is 0.143. The van der Waals surface area contributed by atoms with Gasteiger partial charge in [-0.1, -0.05) is 35.3 Å². The minimum atomic E-state index is -1.08. The molecule has 55 heavy (non-hydrogen) atoms. The molecular formula is C38H31Cl2N6NaO8. The summed E-state index contributed by atoms with van der Waals surface area (Å²) in [6.07, 6.45) is 6.43. The number of hydrogen-bond donors (Lipinski definition) is 4. The number of ether oxygens (including phenoxy) is 1. The minimum Gasteiger partial charge on any atom is -0.870 e. The number of H-pyrrole nitrogens is 2. The van der Waals surface area contributed by atoms with Crippen molar-refractivity contribution in [3.05, 3.63) is 151 Å². The Morgan fingerprint density at radius 1 is 0.709 bits per heavy atom. The van der Waals surface area contributed by atoms with Crippen LogP contribution < -0.4 is 40.7 Å². The van der Waals surface area contributed by atoms with Crippen molar-refractivity contribution in [3.8, 4) is 0 Å². The molecule has 0 saturated carbocycles. The van der Waals surface area contributed by atoms with Crippen LogP contribution in [-0.2, 0) is 17.8 Å². The second-order valence-corrected chi connectivity index (χ2v) is 12.5. The predicted octanol–water partition coefficient (Wildman–Crippen LogP) is 3.08. The number of methoxy groups -OCH3 is 1. The van der Waals surface area contributed by atoms with Crippen LogP contribution in [0.15, 0.2) is 107 Å². The number of rotatable bonds is 6. The molecule has 6 heterocycles. The number of nitrogens with zero attached hydrogens (tertiary/aromatic N) is 4. The number of carbonyl (C=O) groups excluding carboxylic acids is 1. The van der Waals surface area contributed by atoms with E-state index >= 15 is 0 Å². The van der Waals surface area contributed by atoms with Gasteiger partial charge in [0.05, 0.1) is 50.3 Å². The third-order valence-electron chi connectivity index (χ3n) is 8.29. The molecular weight excluding hydrogens is 762 g/mol. The molecule has 0 saturated heterocycles. The zero-order valence-electron chi connectivity index (χ0n) is 29.6. The van der Waals surface area contributed by atoms with Crippen molar-refractivity contribution in [2.45, 2.75) is 13.1 Å². The summed E-state index contributed by atoms with van der Waals surface area (Å²) in [4.78, 5) is 60.5. The number of aliphatic hydroxyl groups excluding tert-OH is 1. The van der Waals surface area contributed by atoms with Gasteiger partial charge in [0.25, 0.3) is 0 Å². The summed E-state index contributed by atoms with van der Waals surface area (Å²) in [5, 5.41) is 19.3. The Bertz CT molecular complexity index is 2800. The summed E-state index contributed by atoms with van der Waals surface area (Å²) in [5.41, 5.74) is 5.65. The smallest absolute Gasteiger partial charge is 0.870 e. The summed E-state index contributed by atoms with van der Waals surface area (Å²) in [7, 11) is 2.31. The zero-order valence-corrected chi connectivity index (χ0v) is 33.1. The number of aromatic amines is 2. The fourth-order valence-electron chi connectivity index (χ4n) is 5.99. The number of hydrogen-bond acceptors (Lipinski definition) is 9. The van der Waals surface area contributed by atoms with E-state index in [9.17, 15) is 24.3 Å². The predicted molar refractivity (Wildman–Crippen MR) is 205 cm³/mol. The molecule has 0 radical (unpaired) electrons. The largest absolute Gasteiger partial charge is 1.00 e. The summed E-state index contributed by atoms with van der Waals surface area (Å²) >= 11 is 12.0. The van der Waals surface area contributed by atoms with E-state index in [2.05, 4.69) is 19.9 Å². The maximum absolute atomic E-state index is 12.0. The van der Waals surface area contributed by atoms with Crippen molar-refractivity contribution in [1.82, 2.24) is 29.1 Å². The third-order valence-corrected chi connectivity index (χ3v) is 8.70. The van der Waals surface area contributed by atoms with Crippen LogP contribution >= 0.6 is 23.2 Å². The maximum Gasteiger partial charge on any atom is 1.00 e. The van der Waals surface area contributed by atoms with E-state index in [4.69, 9.17) is 33.0 Å². The number of carboxylic acid groups (broad SMARTS) is 1. The fraction of sp³-hybridized carbons (Fsp3) is 0.105. The number of aliphatic hydroxyl groups is 1. The van der Waals surface area contributed by atoms with Gasteiger partial charge in [0.2, 0.25) is 11.1 Å². The van der Waals surface area contributed by atoms with E-state index in [1.54, 1.807) is 35.3 Å². The third kappa shape index (κ3) is 9.32. The number of carbonyl (C=O) groups is 2. The average molecular weight is 794 g/mol. The van der Waals surface area contributed by atoms with Gasteiger partial charge >= 0.3 is 41.5 Å². The first-order chi connectivity index (χ1) is 25.6. The van der Waals surface area contributed by atoms with E-state index in [1.165, 1.54) is 25.4 Å². The molecule has 276 valence electrons. The molecule has 0 atom stereocenters. The Hall–Kier alpha value is -5.32. The van der Waals surface area contributed by atoms with Crippen molar-refractivity contribution in [2.75, 3.05) is 14.2 Å². The second-order valence-electron chi connectivity index (χ2n) is 11.7. The number of aromatic carboxylic acids is 1. The molecule has 17 heteroatoms. The SMILES string of the molecule is CO.COC(=O)c1cn(Cc2ccc3ncc(Cl)cc3c2)c2ccc(=O)[nH]c12.O=C(O)c1cn(Cc2ccc3ncc(Cl)cc3c2)c2ccc(=O)[nH]c12.[Na+].[OH-]. The van der Waals surface area contributed by atoms with Crippen LogP contribution in [0.25, 0.3) is 43.9 Å². The summed E-state index contributed by atoms with van der Waals surface area (Å²) in [5.74, 6) is -1.58. The van der Waals surface area contributed by atoms with Crippen molar-refractivity contribution < 1.29 is 59.6 Å². The number of halogens is 2. The molecule has 8 aromatic rings. The van der Waals surface area contributed by atoms with E-state index in [0.29, 0.717) is 45.2 Å². The molecule has 0 amide bonds. The second kappa shape index (κ2) is 18.3. The normalized spacial score (nSPS) is 10.5. The topological polar surface area (TPSA) is 215 Å². The van der Waals surface area contributed by atoms with Crippen molar-refractivity contribution in [2.24, 2.45) is 0 Å². The van der Waals surface area contributed by atoms with Gasteiger partial charge in [-0.15, -0.1) is 0 Å². The van der Waals surface area contributed by atoms with E-state index < -0.39 is 11.9 Å². The van der Waals surface area contributed by atoms with Crippen LogP contribution in [0.5, 0.6) is 0 Å². The molecule has 0 aliphatic heterocycles. The van der Waals surface area contributed by atoms with Gasteiger partial charge in [0.15, 0.2) is 0 Å². The van der Waals surface area contributed by atoms with Crippen LogP contribution in [0.4, 0.5) is 0 Å². The number of carboxylic acids is 1.